The van der Waals surface area contributed by atoms with Crippen LogP contribution in [0.2, 0.25) is 5.02 Å². The van der Waals surface area contributed by atoms with E-state index >= 15 is 0 Å². The van der Waals surface area contributed by atoms with Gasteiger partial charge in [-0.2, -0.15) is 0 Å². The van der Waals surface area contributed by atoms with Crippen molar-refractivity contribution in [3.8, 4) is 5.75 Å². The van der Waals surface area contributed by atoms with E-state index in [2.05, 4.69) is 0 Å². The van der Waals surface area contributed by atoms with Gasteiger partial charge in [0.25, 0.3) is 0 Å². The van der Waals surface area contributed by atoms with Crippen LogP contribution in [0.15, 0.2) is 18.2 Å². The van der Waals surface area contributed by atoms with Crippen LogP contribution in [0.25, 0.3) is 0 Å². The number of esters is 1. The quantitative estimate of drug-likeness (QED) is 0.783. The predicted octanol–water partition coefficient (Wildman–Crippen LogP) is 3.12. The van der Waals surface area contributed by atoms with Crippen LogP contribution in [-0.2, 0) is 9.53 Å². The molecule has 1 atom stereocenters. The maximum atomic E-state index is 11.4. The van der Waals surface area contributed by atoms with Crippen LogP contribution in [-0.4, -0.2) is 24.8 Å². The number of benzene rings is 1. The van der Waals surface area contributed by atoms with E-state index in [9.17, 15) is 9.90 Å². The molecular formula is C14H19ClO4. The summed E-state index contributed by atoms with van der Waals surface area (Å²) in [6, 6.07) is 5.14. The zero-order chi connectivity index (χ0) is 14.3. The lowest BCUT2D eigenvalue weighted by atomic mass is 10.0. The van der Waals surface area contributed by atoms with Crippen molar-refractivity contribution < 1.29 is 19.4 Å². The van der Waals surface area contributed by atoms with Crippen molar-refractivity contribution in [2.75, 3.05) is 13.7 Å². The van der Waals surface area contributed by atoms with Gasteiger partial charge >= 0.3 is 5.97 Å². The number of methoxy groups -OCH3 is 1. The number of aliphatic hydroxyl groups is 1. The van der Waals surface area contributed by atoms with Crippen molar-refractivity contribution in [2.45, 2.75) is 32.3 Å². The fourth-order valence-corrected chi connectivity index (χ4v) is 2.00. The Morgan fingerprint density at radius 2 is 2.21 bits per heavy atom. The van der Waals surface area contributed by atoms with E-state index in [1.807, 2.05) is 6.92 Å². The number of ether oxygens (including phenoxy) is 2. The minimum atomic E-state index is -0.849. The normalized spacial score (nSPS) is 12.0. The van der Waals surface area contributed by atoms with E-state index in [1.54, 1.807) is 18.2 Å². The molecule has 0 aliphatic carbocycles. The van der Waals surface area contributed by atoms with E-state index < -0.39 is 6.10 Å². The van der Waals surface area contributed by atoms with Gasteiger partial charge in [0.1, 0.15) is 5.75 Å². The van der Waals surface area contributed by atoms with Crippen LogP contribution in [0.1, 0.15) is 37.9 Å². The molecule has 0 aliphatic rings. The molecule has 0 amide bonds. The van der Waals surface area contributed by atoms with Gasteiger partial charge in [-0.3, -0.25) is 4.79 Å². The first-order chi connectivity index (χ1) is 9.10. The molecule has 0 saturated carbocycles. The van der Waals surface area contributed by atoms with Gasteiger partial charge < -0.3 is 14.6 Å². The molecule has 0 spiro atoms. The first-order valence-electron chi connectivity index (χ1n) is 6.26. The van der Waals surface area contributed by atoms with Crippen molar-refractivity contribution in [3.05, 3.63) is 28.8 Å². The molecule has 5 heteroatoms. The second-order valence-electron chi connectivity index (χ2n) is 4.13. The van der Waals surface area contributed by atoms with Crippen molar-refractivity contribution in [1.82, 2.24) is 0 Å². The summed E-state index contributed by atoms with van der Waals surface area (Å²) >= 11 is 6.05. The third-order valence-electron chi connectivity index (χ3n) is 2.66. The molecule has 1 aromatic rings. The molecule has 106 valence electrons. The maximum Gasteiger partial charge on any atom is 0.305 e. The molecule has 0 radical (unpaired) electrons. The number of aliphatic hydroxyl groups excluding tert-OH is 1. The summed E-state index contributed by atoms with van der Waals surface area (Å²) in [6.07, 6.45) is 0.336. The summed E-state index contributed by atoms with van der Waals surface area (Å²) in [7, 11) is 1.51. The van der Waals surface area contributed by atoms with Gasteiger partial charge in [-0.1, -0.05) is 24.6 Å². The van der Waals surface area contributed by atoms with Gasteiger partial charge in [0.05, 0.1) is 24.8 Å². The summed E-state index contributed by atoms with van der Waals surface area (Å²) < 4.78 is 10.1. The highest BCUT2D eigenvalue weighted by Crippen LogP contribution is 2.34. The van der Waals surface area contributed by atoms with Crippen LogP contribution in [0.3, 0.4) is 0 Å². The lowest BCUT2D eigenvalue weighted by molar-refractivity contribution is -0.144. The molecular weight excluding hydrogens is 268 g/mol. The van der Waals surface area contributed by atoms with Crippen LogP contribution < -0.4 is 4.74 Å². The molecule has 1 aromatic carbocycles. The van der Waals surface area contributed by atoms with Crippen LogP contribution in [0.5, 0.6) is 5.75 Å². The fraction of sp³-hybridized carbons (Fsp3) is 0.500. The van der Waals surface area contributed by atoms with Gasteiger partial charge in [0.15, 0.2) is 0 Å². The lowest BCUT2D eigenvalue weighted by Crippen LogP contribution is -2.09. The number of hydrogen-bond acceptors (Lipinski definition) is 4. The Bertz CT molecular complexity index is 420. The average Bonchev–Trinajstić information content (AvgIpc) is 2.42. The number of carbonyl (C=O) groups is 1. The zero-order valence-corrected chi connectivity index (χ0v) is 11.9. The summed E-state index contributed by atoms with van der Waals surface area (Å²) in [5.41, 5.74) is 0.509. The Hall–Kier alpha value is -1.26. The minimum absolute atomic E-state index is 0.148. The van der Waals surface area contributed by atoms with Crippen LogP contribution >= 0.6 is 11.6 Å². The summed E-state index contributed by atoms with van der Waals surface area (Å²) in [5, 5.41) is 10.5. The third kappa shape index (κ3) is 4.73. The highest BCUT2D eigenvalue weighted by atomic mass is 35.5. The molecule has 0 aliphatic heterocycles. The average molecular weight is 287 g/mol. The van der Waals surface area contributed by atoms with E-state index in [-0.39, 0.29) is 18.8 Å². The molecule has 1 rings (SSSR count). The van der Waals surface area contributed by atoms with Crippen molar-refractivity contribution in [2.24, 2.45) is 0 Å². The largest absolute Gasteiger partial charge is 0.496 e. The van der Waals surface area contributed by atoms with Crippen molar-refractivity contribution in [1.29, 1.82) is 0 Å². The Kier molecular flexibility index (Phi) is 6.67. The molecule has 1 unspecified atom stereocenters. The maximum absolute atomic E-state index is 11.4. The monoisotopic (exact) mass is 286 g/mol. The van der Waals surface area contributed by atoms with Crippen molar-refractivity contribution in [3.63, 3.8) is 0 Å². The SMILES string of the molecule is CCCOC(=O)CCC(O)c1c(Cl)cccc1OC. The topological polar surface area (TPSA) is 55.8 Å². The number of rotatable bonds is 7. The van der Waals surface area contributed by atoms with E-state index in [0.29, 0.717) is 22.9 Å². The molecule has 0 heterocycles. The molecule has 0 fully saturated rings. The van der Waals surface area contributed by atoms with Crippen LogP contribution in [0, 0.1) is 0 Å². The molecule has 0 aromatic heterocycles. The molecule has 0 bridgehead atoms. The Morgan fingerprint density at radius 3 is 2.84 bits per heavy atom. The van der Waals surface area contributed by atoms with Crippen LogP contribution in [0.4, 0.5) is 0 Å². The molecule has 4 nitrogen and oxygen atoms in total. The highest BCUT2D eigenvalue weighted by molar-refractivity contribution is 6.31. The highest BCUT2D eigenvalue weighted by Gasteiger charge is 2.18. The zero-order valence-electron chi connectivity index (χ0n) is 11.2. The van der Waals surface area contributed by atoms with Crippen molar-refractivity contribution >= 4 is 17.6 Å². The molecule has 1 N–H and O–H groups in total. The number of halogens is 1. The van der Waals surface area contributed by atoms with E-state index in [0.717, 1.165) is 6.42 Å². The summed E-state index contributed by atoms with van der Waals surface area (Å²) in [6.45, 7) is 2.33. The van der Waals surface area contributed by atoms with Gasteiger partial charge in [0.2, 0.25) is 0 Å². The Labute approximate surface area is 118 Å². The first-order valence-corrected chi connectivity index (χ1v) is 6.64. The second kappa shape index (κ2) is 8.02. The minimum Gasteiger partial charge on any atom is -0.496 e. The molecule has 19 heavy (non-hydrogen) atoms. The second-order valence-corrected chi connectivity index (χ2v) is 4.54. The lowest BCUT2D eigenvalue weighted by Gasteiger charge is -2.16. The van der Waals surface area contributed by atoms with E-state index in [1.165, 1.54) is 7.11 Å². The van der Waals surface area contributed by atoms with Gasteiger partial charge in [-0.15, -0.1) is 0 Å². The van der Waals surface area contributed by atoms with E-state index in [4.69, 9.17) is 21.1 Å². The Balaban J connectivity index is 2.63. The Morgan fingerprint density at radius 1 is 1.47 bits per heavy atom. The smallest absolute Gasteiger partial charge is 0.305 e. The van der Waals surface area contributed by atoms with Gasteiger partial charge in [0, 0.05) is 12.0 Å². The molecule has 0 saturated heterocycles. The summed E-state index contributed by atoms with van der Waals surface area (Å²) in [5.74, 6) is 0.203. The summed E-state index contributed by atoms with van der Waals surface area (Å²) in [4.78, 5) is 11.4. The third-order valence-corrected chi connectivity index (χ3v) is 2.98. The first kappa shape index (κ1) is 15.8. The number of carbonyl (C=O) groups excluding carboxylic acids is 1. The number of hydrogen-bond donors (Lipinski definition) is 1. The fourth-order valence-electron chi connectivity index (χ4n) is 1.71. The standard InChI is InChI=1S/C14H19ClO4/c1-3-9-19-13(17)8-7-11(16)14-10(15)5-4-6-12(14)18-2/h4-6,11,16H,3,7-9H2,1-2H3. The van der Waals surface area contributed by atoms with Gasteiger partial charge in [-0.05, 0) is 25.0 Å². The predicted molar refractivity (Wildman–Crippen MR) is 73.4 cm³/mol. The van der Waals surface area contributed by atoms with Gasteiger partial charge in [-0.25, -0.2) is 0 Å².